The summed E-state index contributed by atoms with van der Waals surface area (Å²) in [6, 6.07) is 0.184. The van der Waals surface area contributed by atoms with E-state index < -0.39 is 12.3 Å². The van der Waals surface area contributed by atoms with Crippen LogP contribution in [0.25, 0.3) is 0 Å². The van der Waals surface area contributed by atoms with Crippen LogP contribution in [0.5, 0.6) is 0 Å². The first-order valence-electron chi connectivity index (χ1n) is 8.61. The zero-order valence-corrected chi connectivity index (χ0v) is 13.5. The Morgan fingerprint density at radius 1 is 1.24 bits per heavy atom. The molecule has 4 heteroatoms. The SMILES string of the molecule is CCCN(CC)CCC1=CNC2CCCC(F)CC(F)C12. The predicted octanol–water partition coefficient (Wildman–Crippen LogP) is 3.83. The minimum Gasteiger partial charge on any atom is -0.387 e. The Labute approximate surface area is 128 Å². The summed E-state index contributed by atoms with van der Waals surface area (Å²) in [6.07, 6.45) is 4.40. The van der Waals surface area contributed by atoms with E-state index in [4.69, 9.17) is 0 Å². The molecular formula is C17H30F2N2. The largest absolute Gasteiger partial charge is 0.387 e. The van der Waals surface area contributed by atoms with Gasteiger partial charge < -0.3 is 10.2 Å². The molecule has 2 rings (SSSR count). The molecule has 1 aliphatic carbocycles. The van der Waals surface area contributed by atoms with Gasteiger partial charge in [0.1, 0.15) is 12.3 Å². The number of rotatable bonds is 6. The third-order valence-electron chi connectivity index (χ3n) is 4.95. The van der Waals surface area contributed by atoms with Crippen molar-refractivity contribution < 1.29 is 8.78 Å². The molecule has 2 nitrogen and oxygen atoms in total. The quantitative estimate of drug-likeness (QED) is 0.802. The van der Waals surface area contributed by atoms with E-state index in [-0.39, 0.29) is 18.4 Å². The first-order chi connectivity index (χ1) is 10.2. The van der Waals surface area contributed by atoms with Gasteiger partial charge in [0.05, 0.1) is 0 Å². The van der Waals surface area contributed by atoms with Crippen LogP contribution < -0.4 is 5.32 Å². The van der Waals surface area contributed by atoms with Crippen molar-refractivity contribution in [2.45, 2.75) is 70.8 Å². The molecule has 4 atom stereocenters. The molecule has 1 saturated carbocycles. The number of halogens is 2. The molecular weight excluding hydrogens is 270 g/mol. The molecule has 0 spiro atoms. The van der Waals surface area contributed by atoms with Gasteiger partial charge >= 0.3 is 0 Å². The summed E-state index contributed by atoms with van der Waals surface area (Å²) >= 11 is 0. The zero-order valence-electron chi connectivity index (χ0n) is 13.5. The lowest BCUT2D eigenvalue weighted by Crippen LogP contribution is -2.37. The maximum atomic E-state index is 14.5. The number of fused-ring (bicyclic) bond motifs is 1. The smallest absolute Gasteiger partial charge is 0.111 e. The Morgan fingerprint density at radius 3 is 2.76 bits per heavy atom. The summed E-state index contributed by atoms with van der Waals surface area (Å²) < 4.78 is 28.1. The third kappa shape index (κ3) is 4.41. The highest BCUT2D eigenvalue weighted by molar-refractivity contribution is 5.19. The van der Waals surface area contributed by atoms with Gasteiger partial charge in [0.25, 0.3) is 0 Å². The van der Waals surface area contributed by atoms with Crippen molar-refractivity contribution in [3.63, 3.8) is 0 Å². The first-order valence-corrected chi connectivity index (χ1v) is 8.61. The predicted molar refractivity (Wildman–Crippen MR) is 83.8 cm³/mol. The second-order valence-corrected chi connectivity index (χ2v) is 6.48. The Bertz CT molecular complexity index is 346. The van der Waals surface area contributed by atoms with Crippen molar-refractivity contribution >= 4 is 0 Å². The first kappa shape index (κ1) is 16.7. The molecule has 0 radical (unpaired) electrons. The lowest BCUT2D eigenvalue weighted by molar-refractivity contribution is 0.134. The molecule has 0 aromatic heterocycles. The van der Waals surface area contributed by atoms with E-state index in [0.717, 1.165) is 50.9 Å². The summed E-state index contributed by atoms with van der Waals surface area (Å²) in [4.78, 5) is 2.41. The molecule has 4 unspecified atom stereocenters. The van der Waals surface area contributed by atoms with E-state index in [1.807, 2.05) is 6.20 Å². The third-order valence-corrected chi connectivity index (χ3v) is 4.95. The molecule has 0 aromatic carbocycles. The topological polar surface area (TPSA) is 15.3 Å². The standard InChI is InChI=1S/C17H30F2N2/c1-3-9-21(4-2)10-8-13-12-20-16-7-5-6-14(18)11-15(19)17(13)16/h12,14-17,20H,3-11H2,1-2H3. The van der Waals surface area contributed by atoms with Crippen LogP contribution in [0.15, 0.2) is 11.8 Å². The lowest BCUT2D eigenvalue weighted by Gasteiger charge is -2.30. The summed E-state index contributed by atoms with van der Waals surface area (Å²) in [6.45, 7) is 7.46. The van der Waals surface area contributed by atoms with Crippen LogP contribution in [0.4, 0.5) is 8.78 Å². The molecule has 2 aliphatic rings. The molecule has 0 saturated heterocycles. The molecule has 1 aliphatic heterocycles. The number of alkyl halides is 2. The van der Waals surface area contributed by atoms with Crippen molar-refractivity contribution in [2.24, 2.45) is 5.92 Å². The monoisotopic (exact) mass is 300 g/mol. The van der Waals surface area contributed by atoms with Crippen LogP contribution in [0.1, 0.15) is 52.4 Å². The highest BCUT2D eigenvalue weighted by atomic mass is 19.1. The van der Waals surface area contributed by atoms with Crippen molar-refractivity contribution in [1.29, 1.82) is 0 Å². The minimum atomic E-state index is -1.03. The van der Waals surface area contributed by atoms with Crippen molar-refractivity contribution in [1.82, 2.24) is 10.2 Å². The van der Waals surface area contributed by atoms with Crippen LogP contribution in [-0.2, 0) is 0 Å². The molecule has 1 fully saturated rings. The fourth-order valence-corrected chi connectivity index (χ4v) is 3.76. The average Bonchev–Trinajstić information content (AvgIpc) is 2.84. The van der Waals surface area contributed by atoms with Gasteiger partial charge in [-0.3, -0.25) is 0 Å². The van der Waals surface area contributed by atoms with Crippen LogP contribution in [0.3, 0.4) is 0 Å². The summed E-state index contributed by atoms with van der Waals surface area (Å²) in [5, 5.41) is 3.35. The van der Waals surface area contributed by atoms with Crippen LogP contribution in [-0.4, -0.2) is 42.9 Å². The van der Waals surface area contributed by atoms with Crippen molar-refractivity contribution in [3.8, 4) is 0 Å². The summed E-state index contributed by atoms with van der Waals surface area (Å²) in [5.41, 5.74) is 1.16. The maximum absolute atomic E-state index is 14.5. The van der Waals surface area contributed by atoms with Gasteiger partial charge in [-0.15, -0.1) is 0 Å². The van der Waals surface area contributed by atoms with Crippen molar-refractivity contribution in [3.05, 3.63) is 11.8 Å². The zero-order chi connectivity index (χ0) is 15.2. The van der Waals surface area contributed by atoms with Gasteiger partial charge in [-0.25, -0.2) is 8.78 Å². The van der Waals surface area contributed by atoms with Crippen LogP contribution in [0, 0.1) is 5.92 Å². The molecule has 122 valence electrons. The van der Waals surface area contributed by atoms with Gasteiger partial charge in [-0.05, 0) is 57.0 Å². The van der Waals surface area contributed by atoms with E-state index >= 15 is 0 Å². The van der Waals surface area contributed by atoms with E-state index in [1.165, 1.54) is 0 Å². The van der Waals surface area contributed by atoms with Gasteiger partial charge in [0, 0.05) is 24.9 Å². The Morgan fingerprint density at radius 2 is 2.05 bits per heavy atom. The van der Waals surface area contributed by atoms with Crippen molar-refractivity contribution in [2.75, 3.05) is 19.6 Å². The maximum Gasteiger partial charge on any atom is 0.111 e. The van der Waals surface area contributed by atoms with Gasteiger partial charge in [-0.1, -0.05) is 13.8 Å². The molecule has 0 bridgehead atoms. The minimum absolute atomic E-state index is 0.0760. The summed E-state index contributed by atoms with van der Waals surface area (Å²) in [5.74, 6) is -0.108. The highest BCUT2D eigenvalue weighted by Gasteiger charge is 2.38. The van der Waals surface area contributed by atoms with Crippen LogP contribution in [0.2, 0.25) is 0 Å². The number of nitrogens with zero attached hydrogens (tertiary/aromatic N) is 1. The normalized spacial score (nSPS) is 33.1. The van der Waals surface area contributed by atoms with E-state index in [0.29, 0.717) is 6.42 Å². The molecule has 21 heavy (non-hydrogen) atoms. The fraction of sp³-hybridized carbons (Fsp3) is 0.882. The molecule has 1 N–H and O–H groups in total. The number of nitrogens with one attached hydrogen (secondary N) is 1. The van der Waals surface area contributed by atoms with Gasteiger partial charge in [-0.2, -0.15) is 0 Å². The van der Waals surface area contributed by atoms with E-state index in [1.54, 1.807) is 0 Å². The molecule has 0 aromatic rings. The number of hydrogen-bond donors (Lipinski definition) is 1. The fourth-order valence-electron chi connectivity index (χ4n) is 3.76. The average molecular weight is 300 g/mol. The van der Waals surface area contributed by atoms with Crippen LogP contribution >= 0.6 is 0 Å². The highest BCUT2D eigenvalue weighted by Crippen LogP contribution is 2.36. The summed E-state index contributed by atoms with van der Waals surface area (Å²) in [7, 11) is 0. The second-order valence-electron chi connectivity index (χ2n) is 6.48. The Kier molecular flexibility index (Phi) is 6.46. The van der Waals surface area contributed by atoms with E-state index in [9.17, 15) is 8.78 Å². The van der Waals surface area contributed by atoms with Gasteiger partial charge in [0.2, 0.25) is 0 Å². The Hall–Kier alpha value is -0.640. The van der Waals surface area contributed by atoms with E-state index in [2.05, 4.69) is 24.1 Å². The van der Waals surface area contributed by atoms with Gasteiger partial charge in [0.15, 0.2) is 0 Å². The second kappa shape index (κ2) is 8.11. The molecule has 0 amide bonds. The lowest BCUT2D eigenvalue weighted by atomic mass is 9.81. The Balaban J connectivity index is 1.93. The number of hydrogen-bond acceptors (Lipinski definition) is 2. The molecule has 1 heterocycles.